The minimum Gasteiger partial charge on any atom is -0.507 e. The number of nitrogens with one attached hydrogen (secondary N) is 1. The van der Waals surface area contributed by atoms with Gasteiger partial charge in [0.05, 0.1) is 5.56 Å². The lowest BCUT2D eigenvalue weighted by atomic mass is 9.74. The molecule has 1 atom stereocenters. The zero-order chi connectivity index (χ0) is 24.2. The molecule has 0 spiro atoms. The van der Waals surface area contributed by atoms with Crippen molar-refractivity contribution in [1.82, 2.24) is 0 Å². The predicted octanol–water partition coefficient (Wildman–Crippen LogP) is 8.25. The van der Waals surface area contributed by atoms with Crippen LogP contribution >= 0.6 is 11.8 Å². The van der Waals surface area contributed by atoms with Crippen molar-refractivity contribution in [3.05, 3.63) is 88.5 Å². The van der Waals surface area contributed by atoms with Gasteiger partial charge in [-0.2, -0.15) is 13.2 Å². The number of hydrogen-bond donors (Lipinski definition) is 2. The maximum absolute atomic E-state index is 13.2. The summed E-state index contributed by atoms with van der Waals surface area (Å²) in [4.78, 5) is 0.734. The highest BCUT2D eigenvalue weighted by atomic mass is 32.2. The second kappa shape index (κ2) is 8.01. The zero-order valence-electron chi connectivity index (χ0n) is 19.3. The van der Waals surface area contributed by atoms with Crippen molar-refractivity contribution in [3.8, 4) is 5.75 Å². The Morgan fingerprint density at radius 1 is 0.818 bits per heavy atom. The minimum atomic E-state index is -4.40. The number of fused-ring (bicyclic) bond motifs is 1. The number of thioether (sulfide) groups is 1. The van der Waals surface area contributed by atoms with Gasteiger partial charge in [-0.1, -0.05) is 82.8 Å². The summed E-state index contributed by atoms with van der Waals surface area (Å²) in [5.41, 5.74) is 2.70. The molecule has 0 aliphatic carbocycles. The quantitative estimate of drug-likeness (QED) is 0.403. The molecule has 1 heterocycles. The molecule has 2 N–H and O–H groups in total. The second-order valence-corrected chi connectivity index (χ2v) is 11.2. The summed E-state index contributed by atoms with van der Waals surface area (Å²) >= 11 is 1.42. The number of anilines is 1. The molecule has 1 aliphatic heterocycles. The van der Waals surface area contributed by atoms with Crippen LogP contribution < -0.4 is 5.32 Å². The van der Waals surface area contributed by atoms with Crippen LogP contribution in [0.1, 0.15) is 67.8 Å². The van der Waals surface area contributed by atoms with E-state index in [1.807, 2.05) is 36.4 Å². The van der Waals surface area contributed by atoms with Gasteiger partial charge in [0, 0.05) is 27.1 Å². The normalized spacial score (nSPS) is 16.4. The van der Waals surface area contributed by atoms with Gasteiger partial charge < -0.3 is 10.4 Å². The van der Waals surface area contributed by atoms with Crippen molar-refractivity contribution in [3.63, 3.8) is 0 Å². The Bertz CT molecular complexity index is 1180. The Kier molecular flexibility index (Phi) is 5.72. The van der Waals surface area contributed by atoms with E-state index in [0.29, 0.717) is 11.3 Å². The lowest BCUT2D eigenvalue weighted by Gasteiger charge is -2.31. The van der Waals surface area contributed by atoms with E-state index in [1.165, 1.54) is 17.8 Å². The lowest BCUT2D eigenvalue weighted by molar-refractivity contribution is -0.137. The maximum atomic E-state index is 13.2. The summed E-state index contributed by atoms with van der Waals surface area (Å²) in [5, 5.41) is 14.3. The number of halogens is 3. The SMILES string of the molecule is CC(C)(C)c1cc(C2Nc3cc(C(F)(F)F)ccc3S2)c(O)c(C(C)(C)c2ccccc2)c1. The molecule has 3 aromatic carbocycles. The molecular weight excluding hydrogens is 443 g/mol. The summed E-state index contributed by atoms with van der Waals surface area (Å²) in [5.74, 6) is 0.172. The maximum Gasteiger partial charge on any atom is 0.416 e. The number of benzene rings is 3. The van der Waals surface area contributed by atoms with Gasteiger partial charge in [0.2, 0.25) is 0 Å². The Balaban J connectivity index is 1.81. The smallest absolute Gasteiger partial charge is 0.416 e. The number of phenolic OH excluding ortho intramolecular Hbond substituents is 1. The van der Waals surface area contributed by atoms with Gasteiger partial charge in [-0.25, -0.2) is 0 Å². The van der Waals surface area contributed by atoms with Crippen LogP contribution in [0.25, 0.3) is 0 Å². The molecule has 0 radical (unpaired) electrons. The van der Waals surface area contributed by atoms with Gasteiger partial charge >= 0.3 is 6.18 Å². The Morgan fingerprint density at radius 3 is 2.09 bits per heavy atom. The van der Waals surface area contributed by atoms with E-state index in [9.17, 15) is 18.3 Å². The highest BCUT2D eigenvalue weighted by Crippen LogP contribution is 2.52. The van der Waals surface area contributed by atoms with Gasteiger partial charge in [-0.15, -0.1) is 0 Å². The molecule has 6 heteroatoms. The van der Waals surface area contributed by atoms with Crippen LogP contribution in [-0.2, 0) is 17.0 Å². The molecule has 0 aromatic heterocycles. The van der Waals surface area contributed by atoms with Crippen molar-refractivity contribution in [1.29, 1.82) is 0 Å². The molecule has 0 saturated carbocycles. The summed E-state index contributed by atoms with van der Waals surface area (Å²) < 4.78 is 39.6. The van der Waals surface area contributed by atoms with E-state index in [-0.39, 0.29) is 11.2 Å². The average molecular weight is 472 g/mol. The van der Waals surface area contributed by atoms with Crippen LogP contribution in [0.3, 0.4) is 0 Å². The molecule has 1 aliphatic rings. The van der Waals surface area contributed by atoms with Crippen LogP contribution in [0, 0.1) is 0 Å². The first-order valence-corrected chi connectivity index (χ1v) is 11.7. The monoisotopic (exact) mass is 471 g/mol. The molecule has 2 nitrogen and oxygen atoms in total. The minimum absolute atomic E-state index is 0.172. The van der Waals surface area contributed by atoms with Crippen molar-refractivity contribution in [2.75, 3.05) is 5.32 Å². The number of hydrogen-bond acceptors (Lipinski definition) is 3. The first-order valence-electron chi connectivity index (χ1n) is 10.9. The second-order valence-electron chi connectivity index (χ2n) is 10.1. The third-order valence-electron chi connectivity index (χ3n) is 6.30. The van der Waals surface area contributed by atoms with Crippen LogP contribution in [0.5, 0.6) is 5.75 Å². The fourth-order valence-corrected chi connectivity index (χ4v) is 5.28. The fourth-order valence-electron chi connectivity index (χ4n) is 4.14. The highest BCUT2D eigenvalue weighted by molar-refractivity contribution is 8.00. The molecule has 33 heavy (non-hydrogen) atoms. The standard InChI is InChI=1S/C27H28F3NOS/c1-25(2,3)18-13-19(23(32)20(14-18)26(4,5)16-9-7-6-8-10-16)24-31-21-15-17(27(28,29)30)11-12-22(21)33-24/h6-15,24,31-32H,1-5H3. The molecule has 0 amide bonds. The summed E-state index contributed by atoms with van der Waals surface area (Å²) in [6.45, 7) is 10.5. The molecule has 0 saturated heterocycles. The molecule has 4 rings (SSSR count). The van der Waals surface area contributed by atoms with Gasteiger partial charge in [0.1, 0.15) is 11.1 Å². The predicted molar refractivity (Wildman–Crippen MR) is 129 cm³/mol. The van der Waals surface area contributed by atoms with Gasteiger partial charge in [0.15, 0.2) is 0 Å². The molecule has 0 bridgehead atoms. The van der Waals surface area contributed by atoms with Crippen LogP contribution in [0.15, 0.2) is 65.6 Å². The van der Waals surface area contributed by atoms with E-state index >= 15 is 0 Å². The Labute approximate surface area is 197 Å². The van der Waals surface area contributed by atoms with Gasteiger partial charge in [-0.05, 0) is 40.8 Å². The fraction of sp³-hybridized carbons (Fsp3) is 0.333. The number of rotatable bonds is 3. The zero-order valence-corrected chi connectivity index (χ0v) is 20.2. The largest absolute Gasteiger partial charge is 0.507 e. The highest BCUT2D eigenvalue weighted by Gasteiger charge is 2.36. The van der Waals surface area contributed by atoms with E-state index in [1.54, 1.807) is 0 Å². The Morgan fingerprint density at radius 2 is 1.48 bits per heavy atom. The third kappa shape index (κ3) is 4.45. The van der Waals surface area contributed by atoms with Crippen LogP contribution in [0.4, 0.5) is 18.9 Å². The average Bonchev–Trinajstić information content (AvgIpc) is 3.16. The Hall–Kier alpha value is -2.60. The lowest BCUT2D eigenvalue weighted by Crippen LogP contribution is -2.22. The van der Waals surface area contributed by atoms with Crippen LogP contribution in [-0.4, -0.2) is 5.11 Å². The van der Waals surface area contributed by atoms with Crippen molar-refractivity contribution in [2.45, 2.75) is 61.9 Å². The number of aromatic hydroxyl groups is 1. The van der Waals surface area contributed by atoms with E-state index in [0.717, 1.165) is 33.7 Å². The molecule has 0 fully saturated rings. The summed E-state index contributed by atoms with van der Waals surface area (Å²) in [6, 6.07) is 17.8. The number of phenols is 1. The first-order chi connectivity index (χ1) is 15.3. The van der Waals surface area contributed by atoms with E-state index < -0.39 is 22.5 Å². The summed E-state index contributed by atoms with van der Waals surface area (Å²) in [7, 11) is 0. The first kappa shape index (κ1) is 23.6. The van der Waals surface area contributed by atoms with Crippen molar-refractivity contribution < 1.29 is 18.3 Å². The van der Waals surface area contributed by atoms with Crippen molar-refractivity contribution in [2.24, 2.45) is 0 Å². The molecule has 3 aromatic rings. The van der Waals surface area contributed by atoms with E-state index in [4.69, 9.17) is 0 Å². The topological polar surface area (TPSA) is 32.3 Å². The molecular formula is C27H28F3NOS. The number of alkyl halides is 3. The molecule has 1 unspecified atom stereocenters. The van der Waals surface area contributed by atoms with Gasteiger partial charge in [0.25, 0.3) is 0 Å². The van der Waals surface area contributed by atoms with E-state index in [2.05, 4.69) is 46.0 Å². The third-order valence-corrected chi connectivity index (χ3v) is 7.51. The van der Waals surface area contributed by atoms with Gasteiger partial charge in [-0.3, -0.25) is 0 Å². The van der Waals surface area contributed by atoms with Crippen LogP contribution in [0.2, 0.25) is 0 Å². The van der Waals surface area contributed by atoms with Crippen molar-refractivity contribution >= 4 is 17.4 Å². The summed E-state index contributed by atoms with van der Waals surface area (Å²) in [6.07, 6.45) is -4.40. The molecule has 174 valence electrons.